The molecule has 86 valence electrons. The summed E-state index contributed by atoms with van der Waals surface area (Å²) < 4.78 is 6.41. The first-order chi connectivity index (χ1) is 7.77. The Morgan fingerprint density at radius 2 is 2.50 bits per heavy atom. The fourth-order valence-corrected chi connectivity index (χ4v) is 2.62. The van der Waals surface area contributed by atoms with Crippen LogP contribution in [0.2, 0.25) is 0 Å². The zero-order chi connectivity index (χ0) is 11.4. The van der Waals surface area contributed by atoms with Crippen LogP contribution in [-0.4, -0.2) is 11.5 Å². The molecular weight excluding hydrogens is 288 g/mol. The Bertz CT molecular complexity index is 427. The summed E-state index contributed by atoms with van der Waals surface area (Å²) in [5, 5.41) is 5.48. The second-order valence-electron chi connectivity index (χ2n) is 3.54. The number of hydrogen-bond acceptors (Lipinski definition) is 4. The molecule has 3 nitrogen and oxygen atoms in total. The van der Waals surface area contributed by atoms with Crippen LogP contribution in [0, 0.1) is 0 Å². The van der Waals surface area contributed by atoms with E-state index in [1.165, 1.54) is 0 Å². The molecule has 2 heterocycles. The highest BCUT2D eigenvalue weighted by molar-refractivity contribution is 9.10. The molecule has 1 N–H and O–H groups in total. The minimum Gasteiger partial charge on any atom is -0.466 e. The Morgan fingerprint density at radius 3 is 3.12 bits per heavy atom. The summed E-state index contributed by atoms with van der Waals surface area (Å²) in [5.41, 5.74) is 3.00. The van der Waals surface area contributed by atoms with E-state index in [1.807, 2.05) is 11.6 Å². The molecular formula is C11H13BrN2OS. The Hall–Kier alpha value is -0.650. The second kappa shape index (κ2) is 5.61. The van der Waals surface area contributed by atoms with Gasteiger partial charge in [-0.3, -0.25) is 0 Å². The normalized spacial score (nSPS) is 12.9. The minimum atomic E-state index is 0.211. The number of halogens is 1. The third-order valence-corrected chi connectivity index (χ3v) is 3.64. The maximum Gasteiger partial charge on any atom is 0.134 e. The van der Waals surface area contributed by atoms with Crippen LogP contribution in [0.4, 0.5) is 0 Å². The molecule has 2 aromatic heterocycles. The summed E-state index contributed by atoms with van der Waals surface area (Å²) in [4.78, 5) is 4.24. The number of thiazole rings is 1. The van der Waals surface area contributed by atoms with Gasteiger partial charge in [-0.25, -0.2) is 4.98 Å². The van der Waals surface area contributed by atoms with Gasteiger partial charge in [0.15, 0.2) is 0 Å². The third kappa shape index (κ3) is 2.93. The van der Waals surface area contributed by atoms with Crippen molar-refractivity contribution in [2.45, 2.75) is 19.4 Å². The van der Waals surface area contributed by atoms with E-state index in [0.717, 1.165) is 28.9 Å². The molecule has 1 atom stereocenters. The van der Waals surface area contributed by atoms with E-state index in [0.29, 0.717) is 0 Å². The van der Waals surface area contributed by atoms with Crippen molar-refractivity contribution in [3.05, 3.63) is 39.1 Å². The van der Waals surface area contributed by atoms with Crippen molar-refractivity contribution < 1.29 is 4.42 Å². The number of aromatic nitrogens is 1. The molecule has 0 aliphatic carbocycles. The standard InChI is InChI=1S/C11H13BrN2OS/c1-8(11-10(12)3-5-15-11)13-4-2-9-6-16-7-14-9/h3,5-8,13H,2,4H2,1H3. The van der Waals surface area contributed by atoms with E-state index in [2.05, 4.69) is 38.5 Å². The Labute approximate surface area is 107 Å². The van der Waals surface area contributed by atoms with Crippen molar-refractivity contribution in [2.24, 2.45) is 0 Å². The predicted molar refractivity (Wildman–Crippen MR) is 68.6 cm³/mol. The maximum absolute atomic E-state index is 5.39. The first-order valence-electron chi connectivity index (χ1n) is 5.10. The molecule has 0 radical (unpaired) electrons. The largest absolute Gasteiger partial charge is 0.466 e. The van der Waals surface area contributed by atoms with Crippen LogP contribution in [-0.2, 0) is 6.42 Å². The van der Waals surface area contributed by atoms with Gasteiger partial charge in [0.25, 0.3) is 0 Å². The van der Waals surface area contributed by atoms with E-state index in [4.69, 9.17) is 4.42 Å². The maximum atomic E-state index is 5.39. The third-order valence-electron chi connectivity index (χ3n) is 2.35. The van der Waals surface area contributed by atoms with Gasteiger partial charge in [-0.05, 0) is 28.9 Å². The quantitative estimate of drug-likeness (QED) is 0.920. The SMILES string of the molecule is CC(NCCc1cscn1)c1occc1Br. The molecule has 2 aromatic rings. The lowest BCUT2D eigenvalue weighted by molar-refractivity contribution is 0.430. The van der Waals surface area contributed by atoms with Gasteiger partial charge in [0.05, 0.1) is 28.0 Å². The molecule has 0 aromatic carbocycles. The minimum absolute atomic E-state index is 0.211. The summed E-state index contributed by atoms with van der Waals surface area (Å²) in [5.74, 6) is 0.943. The highest BCUT2D eigenvalue weighted by Crippen LogP contribution is 2.23. The monoisotopic (exact) mass is 300 g/mol. The van der Waals surface area contributed by atoms with E-state index in [9.17, 15) is 0 Å². The summed E-state index contributed by atoms with van der Waals surface area (Å²) in [6, 6.07) is 2.12. The van der Waals surface area contributed by atoms with Gasteiger partial charge in [-0.2, -0.15) is 0 Å². The molecule has 0 saturated heterocycles. The molecule has 16 heavy (non-hydrogen) atoms. The number of nitrogens with zero attached hydrogens (tertiary/aromatic N) is 1. The predicted octanol–water partition coefficient (Wildman–Crippen LogP) is 3.39. The van der Waals surface area contributed by atoms with Gasteiger partial charge < -0.3 is 9.73 Å². The van der Waals surface area contributed by atoms with Gasteiger partial charge in [0.2, 0.25) is 0 Å². The first-order valence-corrected chi connectivity index (χ1v) is 6.84. The lowest BCUT2D eigenvalue weighted by Crippen LogP contribution is -2.21. The van der Waals surface area contributed by atoms with Crippen molar-refractivity contribution in [3.63, 3.8) is 0 Å². The van der Waals surface area contributed by atoms with E-state index >= 15 is 0 Å². The smallest absolute Gasteiger partial charge is 0.134 e. The van der Waals surface area contributed by atoms with Crippen LogP contribution >= 0.6 is 27.3 Å². The molecule has 0 saturated carbocycles. The lowest BCUT2D eigenvalue weighted by Gasteiger charge is -2.11. The summed E-state index contributed by atoms with van der Waals surface area (Å²) in [6.07, 6.45) is 2.64. The van der Waals surface area contributed by atoms with Crippen molar-refractivity contribution in [2.75, 3.05) is 6.54 Å². The Morgan fingerprint density at radius 1 is 1.62 bits per heavy atom. The van der Waals surface area contributed by atoms with E-state index < -0.39 is 0 Å². The van der Waals surface area contributed by atoms with Crippen molar-refractivity contribution in [1.82, 2.24) is 10.3 Å². The van der Waals surface area contributed by atoms with Crippen LogP contribution < -0.4 is 5.32 Å². The van der Waals surface area contributed by atoms with Crippen molar-refractivity contribution in [3.8, 4) is 0 Å². The van der Waals surface area contributed by atoms with Crippen LogP contribution in [0.1, 0.15) is 24.4 Å². The Balaban J connectivity index is 1.80. The summed E-state index contributed by atoms with van der Waals surface area (Å²) in [7, 11) is 0. The number of rotatable bonds is 5. The highest BCUT2D eigenvalue weighted by atomic mass is 79.9. The zero-order valence-corrected chi connectivity index (χ0v) is 11.3. The van der Waals surface area contributed by atoms with Crippen LogP contribution in [0.5, 0.6) is 0 Å². The molecule has 0 amide bonds. The molecule has 0 aliphatic heterocycles. The van der Waals surface area contributed by atoms with Gasteiger partial charge in [0.1, 0.15) is 5.76 Å². The van der Waals surface area contributed by atoms with Crippen molar-refractivity contribution >= 4 is 27.3 Å². The Kier molecular flexibility index (Phi) is 4.15. The second-order valence-corrected chi connectivity index (χ2v) is 5.11. The summed E-state index contributed by atoms with van der Waals surface area (Å²) in [6.45, 7) is 2.99. The zero-order valence-electron chi connectivity index (χ0n) is 8.94. The highest BCUT2D eigenvalue weighted by Gasteiger charge is 2.11. The van der Waals surface area contributed by atoms with Gasteiger partial charge in [-0.1, -0.05) is 0 Å². The molecule has 0 fully saturated rings. The van der Waals surface area contributed by atoms with Crippen LogP contribution in [0.3, 0.4) is 0 Å². The van der Waals surface area contributed by atoms with Gasteiger partial charge in [0, 0.05) is 18.3 Å². The number of nitrogens with one attached hydrogen (secondary N) is 1. The van der Waals surface area contributed by atoms with Gasteiger partial charge >= 0.3 is 0 Å². The fourth-order valence-electron chi connectivity index (χ4n) is 1.48. The molecule has 0 aliphatic rings. The average molecular weight is 301 g/mol. The van der Waals surface area contributed by atoms with Gasteiger partial charge in [-0.15, -0.1) is 11.3 Å². The van der Waals surface area contributed by atoms with Crippen molar-refractivity contribution in [1.29, 1.82) is 0 Å². The molecule has 0 spiro atoms. The molecule has 1 unspecified atom stereocenters. The molecule has 5 heteroatoms. The fraction of sp³-hybridized carbons (Fsp3) is 0.364. The first kappa shape index (κ1) is 11.8. The topological polar surface area (TPSA) is 38.1 Å². The lowest BCUT2D eigenvalue weighted by atomic mass is 10.2. The average Bonchev–Trinajstić information content (AvgIpc) is 2.88. The van der Waals surface area contributed by atoms with Crippen LogP contribution in [0.15, 0.2) is 32.1 Å². The summed E-state index contributed by atoms with van der Waals surface area (Å²) >= 11 is 5.09. The number of furan rings is 1. The van der Waals surface area contributed by atoms with E-state index in [-0.39, 0.29) is 6.04 Å². The molecule has 2 rings (SSSR count). The number of hydrogen-bond donors (Lipinski definition) is 1. The van der Waals surface area contributed by atoms with E-state index in [1.54, 1.807) is 17.6 Å². The molecule has 0 bridgehead atoms. The van der Waals surface area contributed by atoms with Crippen LogP contribution in [0.25, 0.3) is 0 Å².